The molecule has 3 fully saturated rings. The van der Waals surface area contributed by atoms with Gasteiger partial charge in [-0.3, -0.25) is 4.90 Å². The van der Waals surface area contributed by atoms with Crippen LogP contribution in [0.5, 0.6) is 0 Å². The maximum absolute atomic E-state index is 6.02. The summed E-state index contributed by atoms with van der Waals surface area (Å²) in [5.41, 5.74) is 0.296. The summed E-state index contributed by atoms with van der Waals surface area (Å²) in [7, 11) is 1.99. The predicted octanol–water partition coefficient (Wildman–Crippen LogP) is 0.839. The topological polar surface area (TPSA) is 88.8 Å². The molecule has 30 heavy (non-hydrogen) atoms. The first-order valence-corrected chi connectivity index (χ1v) is 11.4. The summed E-state index contributed by atoms with van der Waals surface area (Å²) in [5, 5.41) is 15.7. The zero-order valence-electron chi connectivity index (χ0n) is 18.7. The maximum Gasteiger partial charge on any atom is 0.191 e. The second-order valence-electron chi connectivity index (χ2n) is 8.73. The van der Waals surface area contributed by atoms with Crippen LogP contribution in [-0.2, 0) is 23.1 Å². The number of aryl methyl sites for hydroxylation is 1. The van der Waals surface area contributed by atoms with Gasteiger partial charge < -0.3 is 24.7 Å². The minimum Gasteiger partial charge on any atom is -0.379 e. The highest BCUT2D eigenvalue weighted by molar-refractivity contribution is 5.80. The summed E-state index contributed by atoms with van der Waals surface area (Å²) in [4.78, 5) is 7.29. The van der Waals surface area contributed by atoms with Gasteiger partial charge in [0.25, 0.3) is 0 Å². The third kappa shape index (κ3) is 4.48. The van der Waals surface area contributed by atoms with E-state index in [4.69, 9.17) is 14.5 Å². The molecular weight excluding hydrogens is 382 g/mol. The summed E-state index contributed by atoms with van der Waals surface area (Å²) in [6.45, 7) is 10.9. The number of aromatic nitrogens is 3. The number of morpholine rings is 1. The molecule has 1 aromatic heterocycles. The largest absolute Gasteiger partial charge is 0.379 e. The van der Waals surface area contributed by atoms with Crippen LogP contribution >= 0.6 is 0 Å². The van der Waals surface area contributed by atoms with Gasteiger partial charge in [-0.25, -0.2) is 4.99 Å². The Morgan fingerprint density at radius 3 is 2.73 bits per heavy atom. The number of hydrogen-bond donors (Lipinski definition) is 2. The Kier molecular flexibility index (Phi) is 6.90. The van der Waals surface area contributed by atoms with Gasteiger partial charge in [0.2, 0.25) is 0 Å². The normalized spacial score (nSPS) is 26.3. The van der Waals surface area contributed by atoms with Gasteiger partial charge in [0, 0.05) is 51.3 Å². The Morgan fingerprint density at radius 2 is 2.10 bits per heavy atom. The predicted molar refractivity (Wildman–Crippen MR) is 115 cm³/mol. The standard InChI is InChI=1S/C21H37N7O2/c1-4-30-18-14-17(21(18)6-5-7-21)24-20(22-8-9-28-10-12-29-13-11-28)23-15-19-26-25-16(2)27(19)3/h17-18H,4-15H2,1-3H3,(H2,22,23,24). The van der Waals surface area contributed by atoms with E-state index < -0.39 is 0 Å². The van der Waals surface area contributed by atoms with Crippen molar-refractivity contribution < 1.29 is 9.47 Å². The quantitative estimate of drug-likeness (QED) is 0.477. The van der Waals surface area contributed by atoms with Gasteiger partial charge >= 0.3 is 0 Å². The molecule has 2 saturated carbocycles. The second-order valence-corrected chi connectivity index (χ2v) is 8.73. The van der Waals surface area contributed by atoms with Crippen LogP contribution in [0.1, 0.15) is 44.3 Å². The van der Waals surface area contributed by atoms with Gasteiger partial charge in [-0.2, -0.15) is 0 Å². The van der Waals surface area contributed by atoms with E-state index in [1.54, 1.807) is 0 Å². The summed E-state index contributed by atoms with van der Waals surface area (Å²) < 4.78 is 13.5. The van der Waals surface area contributed by atoms with Crippen molar-refractivity contribution in [3.63, 3.8) is 0 Å². The van der Waals surface area contributed by atoms with Crippen molar-refractivity contribution in [3.05, 3.63) is 11.6 Å². The first-order chi connectivity index (χ1) is 14.6. The Labute approximate surface area is 179 Å². The molecule has 1 aliphatic heterocycles. The molecule has 9 nitrogen and oxygen atoms in total. The summed E-state index contributed by atoms with van der Waals surface area (Å²) in [6, 6.07) is 0.429. The van der Waals surface area contributed by atoms with Crippen molar-refractivity contribution in [1.29, 1.82) is 0 Å². The van der Waals surface area contributed by atoms with E-state index in [-0.39, 0.29) is 0 Å². The van der Waals surface area contributed by atoms with E-state index >= 15 is 0 Å². The summed E-state index contributed by atoms with van der Waals surface area (Å²) in [5.74, 6) is 2.65. The van der Waals surface area contributed by atoms with Crippen LogP contribution in [0, 0.1) is 12.3 Å². The molecule has 2 atom stereocenters. The van der Waals surface area contributed by atoms with Gasteiger partial charge in [0.15, 0.2) is 11.8 Å². The van der Waals surface area contributed by atoms with E-state index in [0.29, 0.717) is 24.1 Å². The average Bonchev–Trinajstić information content (AvgIpc) is 3.02. The first kappa shape index (κ1) is 21.5. The van der Waals surface area contributed by atoms with E-state index in [1.165, 1.54) is 19.3 Å². The van der Waals surface area contributed by atoms with Crippen LogP contribution < -0.4 is 10.6 Å². The van der Waals surface area contributed by atoms with Crippen molar-refractivity contribution >= 4 is 5.96 Å². The Balaban J connectivity index is 1.37. The molecule has 0 bridgehead atoms. The zero-order valence-corrected chi connectivity index (χ0v) is 18.7. The summed E-state index contributed by atoms with van der Waals surface area (Å²) >= 11 is 0. The minimum atomic E-state index is 0.296. The minimum absolute atomic E-state index is 0.296. The number of aliphatic imine (C=N–C) groups is 1. The molecule has 4 rings (SSSR count). The van der Waals surface area contributed by atoms with Crippen molar-refractivity contribution in [3.8, 4) is 0 Å². The fourth-order valence-corrected chi connectivity index (χ4v) is 4.85. The Bertz CT molecular complexity index is 725. The van der Waals surface area contributed by atoms with Crippen LogP contribution in [0.2, 0.25) is 0 Å². The lowest BCUT2D eigenvalue weighted by molar-refractivity contribution is -0.168. The van der Waals surface area contributed by atoms with Crippen LogP contribution in [0.4, 0.5) is 0 Å². The molecule has 1 aromatic rings. The van der Waals surface area contributed by atoms with Gasteiger partial charge in [-0.1, -0.05) is 6.42 Å². The molecule has 0 amide bonds. The number of nitrogens with one attached hydrogen (secondary N) is 2. The van der Waals surface area contributed by atoms with Crippen LogP contribution in [0.25, 0.3) is 0 Å². The number of rotatable bonds is 8. The SMILES string of the molecule is CCOC1CC(NC(=NCc2nnc(C)n2C)NCCN2CCOCC2)C12CCC2. The highest BCUT2D eigenvalue weighted by Gasteiger charge is 2.59. The van der Waals surface area contributed by atoms with Crippen LogP contribution in [-0.4, -0.2) is 83.8 Å². The zero-order chi connectivity index (χ0) is 21.0. The number of ether oxygens (including phenoxy) is 2. The molecule has 3 aliphatic rings. The number of guanidine groups is 1. The van der Waals surface area contributed by atoms with E-state index in [2.05, 4.69) is 32.7 Å². The lowest BCUT2D eigenvalue weighted by Gasteiger charge is -2.61. The molecule has 2 N–H and O–H groups in total. The third-order valence-electron chi connectivity index (χ3n) is 7.13. The van der Waals surface area contributed by atoms with Crippen molar-refractivity contribution in [2.45, 2.75) is 58.2 Å². The molecule has 9 heteroatoms. The molecule has 2 unspecified atom stereocenters. The van der Waals surface area contributed by atoms with Crippen molar-refractivity contribution in [2.75, 3.05) is 46.0 Å². The molecule has 1 saturated heterocycles. The molecule has 1 spiro atoms. The monoisotopic (exact) mass is 419 g/mol. The number of nitrogens with zero attached hydrogens (tertiary/aromatic N) is 5. The Morgan fingerprint density at radius 1 is 1.30 bits per heavy atom. The molecule has 2 aliphatic carbocycles. The molecule has 168 valence electrons. The molecule has 0 aromatic carbocycles. The maximum atomic E-state index is 6.02. The van der Waals surface area contributed by atoms with Gasteiger partial charge in [0.05, 0.1) is 19.3 Å². The van der Waals surface area contributed by atoms with Gasteiger partial charge in [0.1, 0.15) is 12.4 Å². The van der Waals surface area contributed by atoms with E-state index in [0.717, 1.165) is 70.0 Å². The van der Waals surface area contributed by atoms with Crippen LogP contribution in [0.15, 0.2) is 4.99 Å². The molecule has 0 radical (unpaired) electrons. The van der Waals surface area contributed by atoms with Crippen molar-refractivity contribution in [2.24, 2.45) is 17.5 Å². The number of hydrogen-bond acceptors (Lipinski definition) is 6. The fourth-order valence-electron chi connectivity index (χ4n) is 4.85. The van der Waals surface area contributed by atoms with E-state index in [9.17, 15) is 0 Å². The van der Waals surface area contributed by atoms with E-state index in [1.807, 2.05) is 18.5 Å². The molecular formula is C21H37N7O2. The van der Waals surface area contributed by atoms with Crippen molar-refractivity contribution in [1.82, 2.24) is 30.3 Å². The highest BCUT2D eigenvalue weighted by Crippen LogP contribution is 2.57. The van der Waals surface area contributed by atoms with Crippen LogP contribution in [0.3, 0.4) is 0 Å². The average molecular weight is 420 g/mol. The first-order valence-electron chi connectivity index (χ1n) is 11.4. The lowest BCUT2D eigenvalue weighted by atomic mass is 9.51. The third-order valence-corrected chi connectivity index (χ3v) is 7.13. The smallest absolute Gasteiger partial charge is 0.191 e. The van der Waals surface area contributed by atoms with Gasteiger partial charge in [-0.15, -0.1) is 10.2 Å². The van der Waals surface area contributed by atoms with Gasteiger partial charge in [-0.05, 0) is 33.1 Å². The Hall–Kier alpha value is -1.71. The fraction of sp³-hybridized carbons (Fsp3) is 0.857. The highest BCUT2D eigenvalue weighted by atomic mass is 16.5. The lowest BCUT2D eigenvalue weighted by Crippen LogP contribution is -2.68. The second kappa shape index (κ2) is 9.62. The summed E-state index contributed by atoms with van der Waals surface area (Å²) in [6.07, 6.45) is 5.25. The molecule has 2 heterocycles.